The van der Waals surface area contributed by atoms with Crippen LogP contribution in [0.4, 0.5) is 0 Å². The molecule has 0 atom stereocenters. The van der Waals surface area contributed by atoms with E-state index in [0.29, 0.717) is 6.42 Å². The average molecular weight is 387 g/mol. The molecule has 0 saturated carbocycles. The number of hydrogen-bond acceptors (Lipinski definition) is 3. The van der Waals surface area contributed by atoms with E-state index in [2.05, 4.69) is 6.92 Å². The van der Waals surface area contributed by atoms with Crippen LogP contribution in [0.3, 0.4) is 0 Å². The van der Waals surface area contributed by atoms with Crippen LogP contribution >= 0.6 is 7.60 Å². The van der Waals surface area contributed by atoms with Crippen LogP contribution in [0, 0.1) is 0 Å². The van der Waals surface area contributed by atoms with Crippen molar-refractivity contribution in [2.75, 3.05) is 6.16 Å². The van der Waals surface area contributed by atoms with Gasteiger partial charge in [0.05, 0.1) is 0 Å². The second kappa shape index (κ2) is 19.0. The van der Waals surface area contributed by atoms with E-state index >= 15 is 0 Å². The second-order valence-electron chi connectivity index (χ2n) is 6.64. The van der Waals surface area contributed by atoms with Crippen LogP contribution in [0.2, 0.25) is 0 Å². The number of unbranched alkanes of at least 4 members (excludes halogenated alkanes) is 15. The molecule has 0 aliphatic heterocycles. The van der Waals surface area contributed by atoms with Crippen molar-refractivity contribution in [1.29, 1.82) is 0 Å². The molecule has 0 aliphatic rings. The third kappa shape index (κ3) is 25.0. The van der Waals surface area contributed by atoms with Gasteiger partial charge in [-0.3, -0.25) is 0 Å². The molecule has 0 spiro atoms. The summed E-state index contributed by atoms with van der Waals surface area (Å²) in [6.45, 7) is 2.26. The summed E-state index contributed by atoms with van der Waals surface area (Å²) in [6.07, 6.45) is 19.9. The standard InChI is InChI=1S/C18H39O3P.Mn/c1-2-3-4-5-6-7-8-9-10-11-12-13-14-15-16-17-18-22(19,20)21;/h2-18H2,1H3,(H2,19,20,21);/q;+2/p-2. The predicted octanol–water partition coefficient (Wildman–Crippen LogP) is 5.16. The smallest absolute Gasteiger partial charge is 0.811 e. The van der Waals surface area contributed by atoms with Crippen molar-refractivity contribution in [2.24, 2.45) is 0 Å². The van der Waals surface area contributed by atoms with Crippen molar-refractivity contribution in [1.82, 2.24) is 0 Å². The summed E-state index contributed by atoms with van der Waals surface area (Å²) in [6, 6.07) is 0. The van der Waals surface area contributed by atoms with Gasteiger partial charge >= 0.3 is 17.1 Å². The minimum atomic E-state index is -4.25. The fourth-order valence-corrected chi connectivity index (χ4v) is 3.46. The van der Waals surface area contributed by atoms with E-state index in [-0.39, 0.29) is 23.2 Å². The summed E-state index contributed by atoms with van der Waals surface area (Å²) in [5.41, 5.74) is 0. The molecule has 0 heterocycles. The predicted molar refractivity (Wildman–Crippen MR) is 92.0 cm³/mol. The van der Waals surface area contributed by atoms with E-state index in [1.165, 1.54) is 83.5 Å². The van der Waals surface area contributed by atoms with Gasteiger partial charge in [0.1, 0.15) is 0 Å². The molecule has 0 aromatic rings. The zero-order valence-electron chi connectivity index (χ0n) is 15.1. The Balaban J connectivity index is 0. The van der Waals surface area contributed by atoms with Crippen LogP contribution in [0.15, 0.2) is 0 Å². The van der Waals surface area contributed by atoms with E-state index in [0.717, 1.165) is 12.8 Å². The molecule has 139 valence electrons. The fraction of sp³-hybridized carbons (Fsp3) is 1.00. The zero-order chi connectivity index (χ0) is 16.5. The first-order chi connectivity index (χ1) is 10.6. The molecule has 0 aromatic carbocycles. The summed E-state index contributed by atoms with van der Waals surface area (Å²) in [5.74, 6) is 0. The molecule has 0 amide bonds. The maximum Gasteiger partial charge on any atom is 2.00 e. The largest absolute Gasteiger partial charge is 2.00 e. The Kier molecular flexibility index (Phi) is 21.4. The van der Waals surface area contributed by atoms with E-state index in [9.17, 15) is 14.4 Å². The normalized spacial score (nSPS) is 11.4. The summed E-state index contributed by atoms with van der Waals surface area (Å²) in [7, 11) is -4.25. The van der Waals surface area contributed by atoms with Crippen molar-refractivity contribution < 1.29 is 31.4 Å². The van der Waals surface area contributed by atoms with Gasteiger partial charge in [0.2, 0.25) is 0 Å². The molecule has 0 N–H and O–H groups in total. The maximum atomic E-state index is 10.5. The Hall–Kier alpha value is 0.669. The van der Waals surface area contributed by atoms with Crippen molar-refractivity contribution in [3.8, 4) is 0 Å². The second-order valence-corrected chi connectivity index (χ2v) is 8.31. The van der Waals surface area contributed by atoms with Gasteiger partial charge in [-0.2, -0.15) is 0 Å². The van der Waals surface area contributed by atoms with Gasteiger partial charge in [0, 0.05) is 0 Å². The first-order valence-electron chi connectivity index (χ1n) is 9.57. The van der Waals surface area contributed by atoms with E-state index in [4.69, 9.17) is 0 Å². The van der Waals surface area contributed by atoms with Gasteiger partial charge in [-0.1, -0.05) is 111 Å². The van der Waals surface area contributed by atoms with Crippen LogP contribution in [-0.4, -0.2) is 6.16 Å². The average Bonchev–Trinajstić information content (AvgIpc) is 2.45. The monoisotopic (exact) mass is 387 g/mol. The molecule has 3 nitrogen and oxygen atoms in total. The molecule has 0 aliphatic carbocycles. The van der Waals surface area contributed by atoms with E-state index < -0.39 is 7.60 Å². The summed E-state index contributed by atoms with van der Waals surface area (Å²) >= 11 is 0. The Labute approximate surface area is 155 Å². The van der Waals surface area contributed by atoms with Crippen LogP contribution < -0.4 is 9.79 Å². The van der Waals surface area contributed by atoms with Crippen LogP contribution in [0.5, 0.6) is 0 Å². The molecular weight excluding hydrogens is 350 g/mol. The Morgan fingerprint density at radius 2 is 0.826 bits per heavy atom. The van der Waals surface area contributed by atoms with Crippen molar-refractivity contribution in [3.05, 3.63) is 0 Å². The molecule has 0 unspecified atom stereocenters. The molecule has 23 heavy (non-hydrogen) atoms. The molecule has 0 aromatic heterocycles. The summed E-state index contributed by atoms with van der Waals surface area (Å²) in [4.78, 5) is 20.9. The molecular formula is C18H37MnO3P. The maximum absolute atomic E-state index is 10.5. The first-order valence-corrected chi connectivity index (χ1v) is 11.3. The van der Waals surface area contributed by atoms with Gasteiger partial charge < -0.3 is 14.4 Å². The van der Waals surface area contributed by atoms with Gasteiger partial charge in [-0.05, 0) is 12.6 Å². The minimum Gasteiger partial charge on any atom is -0.811 e. The number of hydrogen-bond donors (Lipinski definition) is 0. The van der Waals surface area contributed by atoms with Gasteiger partial charge in [0.15, 0.2) is 0 Å². The van der Waals surface area contributed by atoms with E-state index in [1.54, 1.807) is 0 Å². The molecule has 1 radical (unpaired) electrons. The minimum absolute atomic E-state index is 0. The van der Waals surface area contributed by atoms with Crippen molar-refractivity contribution in [3.63, 3.8) is 0 Å². The van der Waals surface area contributed by atoms with Gasteiger partial charge in [0.25, 0.3) is 0 Å². The third-order valence-electron chi connectivity index (χ3n) is 4.29. The van der Waals surface area contributed by atoms with Crippen molar-refractivity contribution in [2.45, 2.75) is 110 Å². The summed E-state index contributed by atoms with van der Waals surface area (Å²) in [5, 5.41) is 0. The van der Waals surface area contributed by atoms with Gasteiger partial charge in [-0.15, -0.1) is 0 Å². The van der Waals surface area contributed by atoms with Crippen LogP contribution in [0.25, 0.3) is 0 Å². The Morgan fingerprint density at radius 3 is 1.09 bits per heavy atom. The first kappa shape index (κ1) is 25.9. The van der Waals surface area contributed by atoms with E-state index in [1.807, 2.05) is 0 Å². The molecule has 5 heteroatoms. The van der Waals surface area contributed by atoms with Crippen molar-refractivity contribution >= 4 is 7.60 Å². The summed E-state index contributed by atoms with van der Waals surface area (Å²) < 4.78 is 10.5. The quantitative estimate of drug-likeness (QED) is 0.197. The van der Waals surface area contributed by atoms with Gasteiger partial charge in [-0.25, -0.2) is 0 Å². The molecule has 0 bridgehead atoms. The number of rotatable bonds is 17. The zero-order valence-corrected chi connectivity index (χ0v) is 17.1. The van der Waals surface area contributed by atoms with Crippen LogP contribution in [0.1, 0.15) is 110 Å². The van der Waals surface area contributed by atoms with Crippen LogP contribution in [-0.2, 0) is 21.6 Å². The fourth-order valence-electron chi connectivity index (χ4n) is 2.85. The topological polar surface area (TPSA) is 63.2 Å². The molecule has 0 fully saturated rings. The Morgan fingerprint density at radius 1 is 0.565 bits per heavy atom. The Bertz CT molecular complexity index is 269. The SMILES string of the molecule is CCCCCCCCCCCCCCCCCCP(=O)([O-])[O-].[Mn+2]. The molecule has 0 rings (SSSR count). The third-order valence-corrected chi connectivity index (χ3v) is 5.15. The molecule has 0 saturated heterocycles.